The summed E-state index contributed by atoms with van der Waals surface area (Å²) in [5.41, 5.74) is 1.94. The first kappa shape index (κ1) is 20.0. The van der Waals surface area contributed by atoms with Crippen molar-refractivity contribution in [3.05, 3.63) is 28.6 Å². The zero-order chi connectivity index (χ0) is 19.9. The maximum absolute atomic E-state index is 4.63. The Bertz CT molecular complexity index is 928. The number of thiazole rings is 1. The summed E-state index contributed by atoms with van der Waals surface area (Å²) < 4.78 is 1.74. The summed E-state index contributed by atoms with van der Waals surface area (Å²) in [7, 11) is 1.87. The summed E-state index contributed by atoms with van der Waals surface area (Å²) >= 11 is 1.66. The van der Waals surface area contributed by atoms with E-state index in [9.17, 15) is 0 Å². The van der Waals surface area contributed by atoms with Crippen LogP contribution in [-0.4, -0.2) is 50.3 Å². The van der Waals surface area contributed by atoms with Crippen LogP contribution in [0.25, 0.3) is 11.0 Å². The van der Waals surface area contributed by atoms with E-state index in [-0.39, 0.29) is 0 Å². The molecule has 0 unspecified atom stereocenters. The van der Waals surface area contributed by atoms with E-state index in [1.54, 1.807) is 28.5 Å². The maximum atomic E-state index is 4.63. The molecule has 0 saturated carbocycles. The highest BCUT2D eigenvalue weighted by atomic mass is 32.1. The van der Waals surface area contributed by atoms with Gasteiger partial charge in [0, 0.05) is 32.1 Å². The number of aliphatic imine (C=N–C) groups is 1. The lowest BCUT2D eigenvalue weighted by atomic mass is 10.2. The van der Waals surface area contributed by atoms with Crippen molar-refractivity contribution in [3.63, 3.8) is 0 Å². The monoisotopic (exact) mass is 401 g/mol. The lowest BCUT2D eigenvalue weighted by Gasteiger charge is -2.12. The Labute approximate surface area is 168 Å². The van der Waals surface area contributed by atoms with Crippen LogP contribution >= 0.6 is 11.3 Å². The van der Waals surface area contributed by atoms with Crippen molar-refractivity contribution in [1.29, 1.82) is 0 Å². The molecule has 0 bridgehead atoms. The van der Waals surface area contributed by atoms with Crippen LogP contribution in [0.3, 0.4) is 0 Å². The molecule has 0 atom stereocenters. The van der Waals surface area contributed by atoms with Gasteiger partial charge in [0.2, 0.25) is 0 Å². The van der Waals surface area contributed by atoms with Gasteiger partial charge in [-0.3, -0.25) is 4.68 Å². The standard InChI is InChI=1S/C18H27N9S/c1-5-19-18(22-9-15-26-14(10-28-15)12(2)3)21-7-6-20-16-13-8-25-27(4)17(13)24-11-23-16/h8,10-12H,5-7,9H2,1-4H3,(H2,19,21,22)(H,20,23,24). The maximum Gasteiger partial charge on any atom is 0.191 e. The second kappa shape index (κ2) is 9.45. The Balaban J connectivity index is 1.52. The fourth-order valence-corrected chi connectivity index (χ4v) is 3.49. The average molecular weight is 402 g/mol. The Morgan fingerprint density at radius 1 is 1.25 bits per heavy atom. The highest BCUT2D eigenvalue weighted by Crippen LogP contribution is 2.18. The molecule has 0 aliphatic rings. The van der Waals surface area contributed by atoms with Gasteiger partial charge in [0.25, 0.3) is 0 Å². The molecule has 3 N–H and O–H groups in total. The Kier molecular flexibility index (Phi) is 6.75. The summed E-state index contributed by atoms with van der Waals surface area (Å²) in [6.07, 6.45) is 3.32. The topological polar surface area (TPSA) is 105 Å². The molecule has 3 aromatic rings. The molecule has 150 valence electrons. The van der Waals surface area contributed by atoms with Crippen molar-refractivity contribution in [1.82, 2.24) is 35.4 Å². The number of hydrogen-bond acceptors (Lipinski definition) is 7. The first-order chi connectivity index (χ1) is 13.6. The smallest absolute Gasteiger partial charge is 0.191 e. The van der Waals surface area contributed by atoms with E-state index in [4.69, 9.17) is 0 Å². The quantitative estimate of drug-likeness (QED) is 0.302. The summed E-state index contributed by atoms with van der Waals surface area (Å²) in [6.45, 7) is 9.12. The Morgan fingerprint density at radius 3 is 2.86 bits per heavy atom. The summed E-state index contributed by atoms with van der Waals surface area (Å²) in [4.78, 5) is 17.8. The Hall–Kier alpha value is -2.75. The zero-order valence-corrected chi connectivity index (χ0v) is 17.5. The number of rotatable bonds is 8. The highest BCUT2D eigenvalue weighted by Gasteiger charge is 2.08. The van der Waals surface area contributed by atoms with Crippen molar-refractivity contribution < 1.29 is 0 Å². The molecule has 3 heterocycles. The fraction of sp³-hybridized carbons (Fsp3) is 0.500. The molecule has 0 aliphatic heterocycles. The molecular weight excluding hydrogens is 374 g/mol. The molecule has 0 aliphatic carbocycles. The second-order valence-electron chi connectivity index (χ2n) is 6.60. The van der Waals surface area contributed by atoms with Gasteiger partial charge in [-0.05, 0) is 12.8 Å². The largest absolute Gasteiger partial charge is 0.368 e. The van der Waals surface area contributed by atoms with Crippen molar-refractivity contribution in [2.45, 2.75) is 33.2 Å². The van der Waals surface area contributed by atoms with Crippen molar-refractivity contribution in [3.8, 4) is 0 Å². The highest BCUT2D eigenvalue weighted by molar-refractivity contribution is 7.09. The Morgan fingerprint density at radius 2 is 2.11 bits per heavy atom. The number of nitrogens with zero attached hydrogens (tertiary/aromatic N) is 6. The molecule has 0 spiro atoms. The molecular formula is C18H27N9S. The van der Waals surface area contributed by atoms with Gasteiger partial charge < -0.3 is 16.0 Å². The van der Waals surface area contributed by atoms with E-state index in [1.165, 1.54) is 0 Å². The molecule has 0 aromatic carbocycles. The number of guanidine groups is 1. The van der Waals surface area contributed by atoms with Gasteiger partial charge in [-0.2, -0.15) is 5.10 Å². The van der Waals surface area contributed by atoms with Crippen LogP contribution in [0, 0.1) is 0 Å². The van der Waals surface area contributed by atoms with Crippen LogP contribution in [-0.2, 0) is 13.6 Å². The molecule has 0 radical (unpaired) electrons. The van der Waals surface area contributed by atoms with Crippen LogP contribution < -0.4 is 16.0 Å². The van der Waals surface area contributed by atoms with E-state index in [0.29, 0.717) is 25.6 Å². The van der Waals surface area contributed by atoms with Crippen molar-refractivity contribution >= 4 is 34.1 Å². The number of nitrogens with one attached hydrogen (secondary N) is 3. The van der Waals surface area contributed by atoms with Gasteiger partial charge >= 0.3 is 0 Å². The third-order valence-corrected chi connectivity index (χ3v) is 4.97. The predicted molar refractivity (Wildman–Crippen MR) is 114 cm³/mol. The van der Waals surface area contributed by atoms with Gasteiger partial charge in [0.1, 0.15) is 17.2 Å². The van der Waals surface area contributed by atoms with Gasteiger partial charge in [0.05, 0.1) is 23.8 Å². The predicted octanol–water partition coefficient (Wildman–Crippen LogP) is 2.11. The fourth-order valence-electron chi connectivity index (χ4n) is 2.62. The van der Waals surface area contributed by atoms with Crippen molar-refractivity contribution in [2.75, 3.05) is 25.0 Å². The first-order valence-corrected chi connectivity index (χ1v) is 10.3. The minimum atomic E-state index is 0.444. The van der Waals surface area contributed by atoms with Gasteiger partial charge in [-0.1, -0.05) is 13.8 Å². The molecule has 10 heteroatoms. The average Bonchev–Trinajstić information content (AvgIpc) is 3.31. The minimum absolute atomic E-state index is 0.444. The molecule has 0 saturated heterocycles. The van der Waals surface area contributed by atoms with E-state index in [1.807, 2.05) is 7.05 Å². The molecule has 28 heavy (non-hydrogen) atoms. The van der Waals surface area contributed by atoms with Crippen LogP contribution in [0.15, 0.2) is 22.9 Å². The first-order valence-electron chi connectivity index (χ1n) is 9.41. The van der Waals surface area contributed by atoms with Gasteiger partial charge in [-0.15, -0.1) is 11.3 Å². The number of fused-ring (bicyclic) bond motifs is 1. The number of aromatic nitrogens is 5. The third-order valence-electron chi connectivity index (χ3n) is 4.12. The van der Waals surface area contributed by atoms with Crippen LogP contribution in [0.4, 0.5) is 5.82 Å². The normalized spacial score (nSPS) is 12.0. The third kappa shape index (κ3) is 4.94. The minimum Gasteiger partial charge on any atom is -0.368 e. The molecule has 3 aromatic heterocycles. The van der Waals surface area contributed by atoms with Crippen molar-refractivity contribution in [2.24, 2.45) is 12.0 Å². The molecule has 3 rings (SSSR count). The lowest BCUT2D eigenvalue weighted by Crippen LogP contribution is -2.39. The second-order valence-corrected chi connectivity index (χ2v) is 7.54. The van der Waals surface area contributed by atoms with E-state index in [0.717, 1.165) is 40.1 Å². The molecule has 0 amide bonds. The van der Waals surface area contributed by atoms with Gasteiger partial charge in [0.15, 0.2) is 11.6 Å². The van der Waals surface area contributed by atoms with E-state index in [2.05, 4.69) is 67.1 Å². The molecule has 9 nitrogen and oxygen atoms in total. The van der Waals surface area contributed by atoms with E-state index < -0.39 is 0 Å². The van der Waals surface area contributed by atoms with E-state index >= 15 is 0 Å². The number of anilines is 1. The lowest BCUT2D eigenvalue weighted by molar-refractivity contribution is 0.785. The summed E-state index contributed by atoms with van der Waals surface area (Å²) in [5.74, 6) is 2.00. The summed E-state index contributed by atoms with van der Waals surface area (Å²) in [5, 5.41) is 18.2. The van der Waals surface area contributed by atoms with Crippen LogP contribution in [0.1, 0.15) is 37.4 Å². The molecule has 0 fully saturated rings. The van der Waals surface area contributed by atoms with Crippen LogP contribution in [0.5, 0.6) is 0 Å². The van der Waals surface area contributed by atoms with Crippen LogP contribution in [0.2, 0.25) is 0 Å². The SMILES string of the molecule is CCNC(=NCc1nc(C(C)C)cs1)NCCNc1ncnc2c1cnn2C. The number of aryl methyl sites for hydroxylation is 1. The van der Waals surface area contributed by atoms with Gasteiger partial charge in [-0.25, -0.2) is 19.9 Å². The number of hydrogen-bond donors (Lipinski definition) is 3. The zero-order valence-electron chi connectivity index (χ0n) is 16.7. The summed E-state index contributed by atoms with van der Waals surface area (Å²) in [6, 6.07) is 0.